The lowest BCUT2D eigenvalue weighted by atomic mass is 9.87. The van der Waals surface area contributed by atoms with Gasteiger partial charge in [0.2, 0.25) is 0 Å². The van der Waals surface area contributed by atoms with Gasteiger partial charge in [-0.15, -0.1) is 0 Å². The van der Waals surface area contributed by atoms with Crippen molar-refractivity contribution in [2.24, 2.45) is 0 Å². The highest BCUT2D eigenvalue weighted by molar-refractivity contribution is 6.28. The average Bonchev–Trinajstić information content (AvgIpc) is 3.58. The maximum Gasteiger partial charge on any atom is 0.144 e. The van der Waals surface area contributed by atoms with Crippen molar-refractivity contribution in [1.29, 1.82) is 0 Å². The van der Waals surface area contributed by atoms with Gasteiger partial charge in [-0.1, -0.05) is 133 Å². The number of rotatable bonds is 2. The Morgan fingerprint density at radius 2 is 0.860 bits per heavy atom. The second-order valence-corrected chi connectivity index (χ2v) is 13.5. The van der Waals surface area contributed by atoms with Crippen LogP contribution < -0.4 is 4.74 Å². The van der Waals surface area contributed by atoms with Crippen molar-refractivity contribution in [3.05, 3.63) is 158 Å². The van der Waals surface area contributed by atoms with Crippen LogP contribution >= 0.6 is 0 Å². The van der Waals surface area contributed by atoms with Gasteiger partial charge in [0, 0.05) is 38.2 Å². The fraction of sp³-hybridized carbons (Fsp3) is 0. The van der Waals surface area contributed by atoms with E-state index in [9.17, 15) is 0 Å². The van der Waals surface area contributed by atoms with Crippen molar-refractivity contribution >= 4 is 75.8 Å². The Labute approximate surface area is 286 Å². The third-order valence-electron chi connectivity index (χ3n) is 11.0. The Bertz CT molecular complexity index is 3220. The van der Waals surface area contributed by atoms with E-state index >= 15 is 0 Å². The maximum absolute atomic E-state index is 7.11. The molecule has 12 rings (SSSR count). The van der Waals surface area contributed by atoms with Crippen molar-refractivity contribution in [2.45, 2.75) is 0 Å². The van der Waals surface area contributed by atoms with Gasteiger partial charge < -0.3 is 9.15 Å². The summed E-state index contributed by atoms with van der Waals surface area (Å²) in [6.45, 7) is 0. The summed E-state index contributed by atoms with van der Waals surface area (Å²) in [5.41, 5.74) is 8.50. The quantitative estimate of drug-likeness (QED) is 0.177. The van der Waals surface area contributed by atoms with E-state index in [1.165, 1.54) is 43.4 Å². The van der Waals surface area contributed by atoms with Crippen molar-refractivity contribution in [2.75, 3.05) is 0 Å². The van der Waals surface area contributed by atoms with Gasteiger partial charge in [-0.05, 0) is 84.0 Å². The van der Waals surface area contributed by atoms with Crippen LogP contribution in [0.2, 0.25) is 0 Å². The lowest BCUT2D eigenvalue weighted by Crippen LogP contribution is -1.99. The molecule has 0 radical (unpaired) electrons. The van der Waals surface area contributed by atoms with E-state index in [4.69, 9.17) is 9.15 Å². The SMILES string of the molecule is c1ccc2c(c1)Oc1c(-c3ccc(-c4ccc5ccc6cccc7ccc4c5c67)c4c3oc3c5ccccc5ccc34)ccc3cccc-2c13. The number of furan rings is 1. The fourth-order valence-electron chi connectivity index (χ4n) is 8.79. The molecule has 1 aromatic heterocycles. The number of benzene rings is 10. The molecule has 2 heterocycles. The molecule has 1 aliphatic heterocycles. The van der Waals surface area contributed by atoms with Crippen LogP contribution in [-0.4, -0.2) is 0 Å². The van der Waals surface area contributed by atoms with Crippen LogP contribution in [-0.2, 0) is 0 Å². The molecule has 230 valence electrons. The molecule has 0 amide bonds. The highest BCUT2D eigenvalue weighted by Crippen LogP contribution is 2.53. The van der Waals surface area contributed by atoms with Gasteiger partial charge in [-0.25, -0.2) is 0 Å². The summed E-state index contributed by atoms with van der Waals surface area (Å²) in [4.78, 5) is 0. The zero-order chi connectivity index (χ0) is 32.5. The molecule has 2 heteroatoms. The molecule has 50 heavy (non-hydrogen) atoms. The van der Waals surface area contributed by atoms with Crippen LogP contribution in [0.1, 0.15) is 0 Å². The van der Waals surface area contributed by atoms with Crippen molar-refractivity contribution in [3.8, 4) is 44.9 Å². The van der Waals surface area contributed by atoms with E-state index in [0.717, 1.165) is 77.2 Å². The molecule has 0 unspecified atom stereocenters. The van der Waals surface area contributed by atoms with Gasteiger partial charge in [-0.3, -0.25) is 0 Å². The first kappa shape index (κ1) is 26.3. The summed E-state index contributed by atoms with van der Waals surface area (Å²) >= 11 is 0. The van der Waals surface area contributed by atoms with Crippen LogP contribution in [0.5, 0.6) is 11.5 Å². The van der Waals surface area contributed by atoms with Crippen molar-refractivity contribution < 1.29 is 9.15 Å². The Morgan fingerprint density at radius 1 is 0.280 bits per heavy atom. The van der Waals surface area contributed by atoms with E-state index in [1.54, 1.807) is 0 Å². The molecular weight excluding hydrogens is 609 g/mol. The first-order valence-electron chi connectivity index (χ1n) is 17.2. The van der Waals surface area contributed by atoms with Crippen LogP contribution in [0.25, 0.3) is 109 Å². The van der Waals surface area contributed by atoms with Crippen molar-refractivity contribution in [1.82, 2.24) is 0 Å². The summed E-state index contributed by atoms with van der Waals surface area (Å²) in [5, 5.41) is 14.5. The highest BCUT2D eigenvalue weighted by Gasteiger charge is 2.26. The molecule has 0 aliphatic carbocycles. The molecule has 0 atom stereocenters. The van der Waals surface area contributed by atoms with E-state index in [2.05, 4.69) is 152 Å². The molecular formula is C48H26O2. The van der Waals surface area contributed by atoms with Gasteiger partial charge in [0.05, 0.1) is 0 Å². The third-order valence-corrected chi connectivity index (χ3v) is 11.0. The molecule has 0 spiro atoms. The van der Waals surface area contributed by atoms with Crippen LogP contribution in [0.3, 0.4) is 0 Å². The Balaban J connectivity index is 1.21. The molecule has 0 bridgehead atoms. The number of ether oxygens (including phenoxy) is 1. The average molecular weight is 635 g/mol. The lowest BCUT2D eigenvalue weighted by molar-refractivity contribution is 0.488. The maximum atomic E-state index is 7.11. The number of hydrogen-bond donors (Lipinski definition) is 0. The molecule has 2 nitrogen and oxygen atoms in total. The number of hydrogen-bond acceptors (Lipinski definition) is 2. The summed E-state index contributed by atoms with van der Waals surface area (Å²) in [7, 11) is 0. The molecule has 10 aromatic carbocycles. The van der Waals surface area contributed by atoms with Gasteiger partial charge in [0.15, 0.2) is 0 Å². The first-order valence-corrected chi connectivity index (χ1v) is 17.2. The summed E-state index contributed by atoms with van der Waals surface area (Å²) in [6.07, 6.45) is 0. The third kappa shape index (κ3) is 3.37. The molecule has 0 saturated carbocycles. The van der Waals surface area contributed by atoms with Gasteiger partial charge in [0.25, 0.3) is 0 Å². The highest BCUT2D eigenvalue weighted by atomic mass is 16.5. The van der Waals surface area contributed by atoms with Gasteiger partial charge >= 0.3 is 0 Å². The van der Waals surface area contributed by atoms with Crippen LogP contribution in [0, 0.1) is 0 Å². The largest absolute Gasteiger partial charge is 0.455 e. The minimum Gasteiger partial charge on any atom is -0.455 e. The Morgan fingerprint density at radius 3 is 1.76 bits per heavy atom. The fourth-order valence-corrected chi connectivity index (χ4v) is 8.79. The summed E-state index contributed by atoms with van der Waals surface area (Å²) in [5.74, 6) is 1.75. The minimum atomic E-state index is 0.870. The van der Waals surface area contributed by atoms with E-state index < -0.39 is 0 Å². The normalized spacial score (nSPS) is 12.6. The predicted octanol–water partition coefficient (Wildman–Crippen LogP) is 13.9. The first-order chi connectivity index (χ1) is 24.8. The monoisotopic (exact) mass is 634 g/mol. The molecule has 0 N–H and O–H groups in total. The van der Waals surface area contributed by atoms with Gasteiger partial charge in [-0.2, -0.15) is 0 Å². The topological polar surface area (TPSA) is 22.4 Å². The zero-order valence-electron chi connectivity index (χ0n) is 26.8. The number of fused-ring (bicyclic) bond motifs is 7. The molecule has 11 aromatic rings. The second kappa shape index (κ2) is 9.49. The predicted molar refractivity (Wildman–Crippen MR) is 209 cm³/mol. The Hall–Kier alpha value is -6.64. The minimum absolute atomic E-state index is 0.870. The summed E-state index contributed by atoms with van der Waals surface area (Å²) < 4.78 is 13.9. The van der Waals surface area contributed by atoms with Crippen LogP contribution in [0.4, 0.5) is 0 Å². The standard InChI is InChI=1S/C48H26O2/c1-2-11-32-27(7-1)17-24-40-45-37(33-21-18-31-16-15-28-8-5-9-29-19-22-36(33)43(31)42(28)29)25-26-39(48(45)50-46(32)40)38-23-20-30-10-6-13-35-34-12-3-4-14-41(34)49-47(38)44(30)35/h1-26H. The zero-order valence-corrected chi connectivity index (χ0v) is 26.8. The Kier molecular flexibility index (Phi) is 5.00. The van der Waals surface area contributed by atoms with E-state index in [0.29, 0.717) is 0 Å². The lowest BCUT2D eigenvalue weighted by Gasteiger charge is -2.23. The number of para-hydroxylation sites is 1. The molecule has 0 fully saturated rings. The van der Waals surface area contributed by atoms with E-state index in [1.807, 2.05) is 6.07 Å². The van der Waals surface area contributed by atoms with Crippen LogP contribution in [0.15, 0.2) is 162 Å². The second-order valence-electron chi connectivity index (χ2n) is 13.5. The van der Waals surface area contributed by atoms with Crippen molar-refractivity contribution in [3.63, 3.8) is 0 Å². The van der Waals surface area contributed by atoms with Gasteiger partial charge in [0.1, 0.15) is 22.7 Å². The van der Waals surface area contributed by atoms with E-state index in [-0.39, 0.29) is 0 Å². The summed E-state index contributed by atoms with van der Waals surface area (Å²) in [6, 6.07) is 57.0. The molecule has 1 aliphatic rings. The molecule has 0 saturated heterocycles. The smallest absolute Gasteiger partial charge is 0.144 e.